The zero-order valence-corrected chi connectivity index (χ0v) is 12.2. The number of aliphatic hydroxyl groups is 1. The Bertz CT molecular complexity index is 420. The van der Waals surface area contributed by atoms with Crippen LogP contribution in [0.3, 0.4) is 0 Å². The Morgan fingerprint density at radius 2 is 1.79 bits per heavy atom. The Morgan fingerprint density at radius 3 is 2.26 bits per heavy atom. The van der Waals surface area contributed by atoms with E-state index in [2.05, 4.69) is 5.32 Å². The molecule has 19 heavy (non-hydrogen) atoms. The van der Waals surface area contributed by atoms with E-state index < -0.39 is 23.8 Å². The van der Waals surface area contributed by atoms with Gasteiger partial charge in [0.15, 0.2) is 0 Å². The molecule has 2 N–H and O–H groups in total. The van der Waals surface area contributed by atoms with Crippen LogP contribution in [0.4, 0.5) is 4.79 Å². The number of amides is 1. The number of benzene rings is 1. The summed E-state index contributed by atoms with van der Waals surface area (Å²) in [5, 5.41) is 12.8. The number of carbonyl (C=O) groups excluding carboxylic acids is 1. The van der Waals surface area contributed by atoms with E-state index in [-0.39, 0.29) is 0 Å². The molecule has 1 unspecified atom stereocenters. The summed E-state index contributed by atoms with van der Waals surface area (Å²) in [5.74, 6) is 0. The third kappa shape index (κ3) is 5.30. The molecule has 0 saturated carbocycles. The number of ether oxygens (including phenoxy) is 1. The molecule has 0 aliphatic carbocycles. The van der Waals surface area contributed by atoms with E-state index in [4.69, 9.17) is 4.74 Å². The molecule has 1 aromatic rings. The zero-order valence-electron chi connectivity index (χ0n) is 12.2. The first-order valence-electron chi connectivity index (χ1n) is 6.43. The molecule has 1 aromatic carbocycles. The second-order valence-corrected chi connectivity index (χ2v) is 5.79. The monoisotopic (exact) mass is 265 g/mol. The lowest BCUT2D eigenvalue weighted by Crippen LogP contribution is -2.40. The molecule has 0 fully saturated rings. The average molecular weight is 265 g/mol. The van der Waals surface area contributed by atoms with E-state index in [1.165, 1.54) is 0 Å². The zero-order chi connectivity index (χ0) is 14.6. The topological polar surface area (TPSA) is 58.6 Å². The van der Waals surface area contributed by atoms with Gasteiger partial charge in [0, 0.05) is 0 Å². The number of rotatable bonds is 3. The summed E-state index contributed by atoms with van der Waals surface area (Å²) in [6.07, 6.45) is -1.28. The van der Waals surface area contributed by atoms with Gasteiger partial charge < -0.3 is 15.2 Å². The Labute approximate surface area is 114 Å². The molecule has 4 heteroatoms. The fourth-order valence-electron chi connectivity index (χ4n) is 1.62. The number of aryl methyl sites for hydroxylation is 1. The van der Waals surface area contributed by atoms with Gasteiger partial charge in [-0.1, -0.05) is 29.8 Å². The maximum atomic E-state index is 11.6. The summed E-state index contributed by atoms with van der Waals surface area (Å²) >= 11 is 0. The Balaban J connectivity index is 2.60. The van der Waals surface area contributed by atoms with Gasteiger partial charge in [0.1, 0.15) is 5.60 Å². The van der Waals surface area contributed by atoms with Crippen LogP contribution >= 0.6 is 0 Å². The molecule has 0 spiro atoms. The third-order valence-electron chi connectivity index (χ3n) is 2.64. The molecule has 4 nitrogen and oxygen atoms in total. The fraction of sp³-hybridized carbons (Fsp3) is 0.533. The number of aliphatic hydroxyl groups excluding tert-OH is 1. The molecule has 1 amide bonds. The van der Waals surface area contributed by atoms with Crippen molar-refractivity contribution in [2.75, 3.05) is 0 Å². The van der Waals surface area contributed by atoms with Gasteiger partial charge in [0.05, 0.1) is 12.1 Å². The summed E-state index contributed by atoms with van der Waals surface area (Å²) in [4.78, 5) is 11.6. The minimum atomic E-state index is -0.756. The van der Waals surface area contributed by atoms with Crippen LogP contribution in [-0.4, -0.2) is 22.8 Å². The van der Waals surface area contributed by atoms with Gasteiger partial charge in [0.25, 0.3) is 0 Å². The first-order chi connectivity index (χ1) is 8.69. The van der Waals surface area contributed by atoms with Crippen molar-refractivity contribution in [2.24, 2.45) is 0 Å². The summed E-state index contributed by atoms with van der Waals surface area (Å²) in [6.45, 7) is 9.13. The quantitative estimate of drug-likeness (QED) is 0.883. The highest BCUT2D eigenvalue weighted by Gasteiger charge is 2.22. The Morgan fingerprint density at radius 1 is 1.26 bits per heavy atom. The fourth-order valence-corrected chi connectivity index (χ4v) is 1.62. The molecule has 0 saturated heterocycles. The van der Waals surface area contributed by atoms with Crippen LogP contribution < -0.4 is 5.32 Å². The highest BCUT2D eigenvalue weighted by atomic mass is 16.6. The van der Waals surface area contributed by atoms with Crippen molar-refractivity contribution < 1.29 is 14.6 Å². The van der Waals surface area contributed by atoms with Crippen molar-refractivity contribution in [3.63, 3.8) is 0 Å². The normalized spacial score (nSPS) is 14.6. The van der Waals surface area contributed by atoms with Crippen LogP contribution in [0.2, 0.25) is 0 Å². The maximum absolute atomic E-state index is 11.6. The second kappa shape index (κ2) is 6.06. The predicted molar refractivity (Wildman–Crippen MR) is 75.0 cm³/mol. The lowest BCUT2D eigenvalue weighted by Gasteiger charge is -2.24. The Kier molecular flexibility index (Phi) is 4.95. The Hall–Kier alpha value is -1.55. The lowest BCUT2D eigenvalue weighted by molar-refractivity contribution is 0.0436. The van der Waals surface area contributed by atoms with Crippen molar-refractivity contribution in [1.29, 1.82) is 0 Å². The average Bonchev–Trinajstić information content (AvgIpc) is 2.26. The lowest BCUT2D eigenvalue weighted by atomic mass is 10.0. The summed E-state index contributed by atoms with van der Waals surface area (Å²) in [5.41, 5.74) is 1.36. The summed E-state index contributed by atoms with van der Waals surface area (Å²) in [6, 6.07) is 7.15. The van der Waals surface area contributed by atoms with Crippen molar-refractivity contribution in [3.05, 3.63) is 35.4 Å². The predicted octanol–water partition coefficient (Wildman–Crippen LogP) is 2.94. The molecule has 1 rings (SSSR count). The molecule has 0 bridgehead atoms. The van der Waals surface area contributed by atoms with E-state index in [1.54, 1.807) is 27.7 Å². The van der Waals surface area contributed by atoms with Gasteiger partial charge in [0.2, 0.25) is 0 Å². The molecule has 2 atom stereocenters. The van der Waals surface area contributed by atoms with Gasteiger partial charge in [-0.05, 0) is 40.2 Å². The standard InChI is InChI=1S/C15H23NO3/c1-10-6-8-12(9-7-10)13(17)11(2)16-14(18)19-15(3,4)5/h6-9,11,13,17H,1-5H3,(H,16,18)/t11?,13-/m0/s1. The van der Waals surface area contributed by atoms with Crippen LogP contribution in [0.25, 0.3) is 0 Å². The summed E-state index contributed by atoms with van der Waals surface area (Å²) in [7, 11) is 0. The van der Waals surface area contributed by atoms with Crippen molar-refractivity contribution in [2.45, 2.75) is 52.4 Å². The molecule has 106 valence electrons. The van der Waals surface area contributed by atoms with Crippen molar-refractivity contribution in [3.8, 4) is 0 Å². The minimum absolute atomic E-state index is 0.419. The largest absolute Gasteiger partial charge is 0.444 e. The van der Waals surface area contributed by atoms with E-state index in [0.29, 0.717) is 0 Å². The van der Waals surface area contributed by atoms with E-state index in [0.717, 1.165) is 11.1 Å². The van der Waals surface area contributed by atoms with Crippen LogP contribution in [0.15, 0.2) is 24.3 Å². The number of alkyl carbamates (subject to hydrolysis) is 1. The molecule has 0 aliphatic heterocycles. The molecular weight excluding hydrogens is 242 g/mol. The molecular formula is C15H23NO3. The molecule has 0 radical (unpaired) electrons. The SMILES string of the molecule is Cc1ccc([C@@H](O)C(C)NC(=O)OC(C)(C)C)cc1. The van der Waals surface area contributed by atoms with Gasteiger partial charge >= 0.3 is 6.09 Å². The van der Waals surface area contributed by atoms with Crippen molar-refractivity contribution >= 4 is 6.09 Å². The van der Waals surface area contributed by atoms with Gasteiger partial charge in [-0.3, -0.25) is 0 Å². The van der Waals surface area contributed by atoms with E-state index in [9.17, 15) is 9.90 Å². The van der Waals surface area contributed by atoms with Gasteiger partial charge in [-0.2, -0.15) is 0 Å². The third-order valence-corrected chi connectivity index (χ3v) is 2.64. The number of hydrogen-bond acceptors (Lipinski definition) is 3. The second-order valence-electron chi connectivity index (χ2n) is 5.79. The maximum Gasteiger partial charge on any atom is 0.407 e. The number of hydrogen-bond donors (Lipinski definition) is 2. The van der Waals surface area contributed by atoms with E-state index >= 15 is 0 Å². The van der Waals surface area contributed by atoms with Gasteiger partial charge in [-0.25, -0.2) is 4.79 Å². The molecule has 0 aliphatic rings. The van der Waals surface area contributed by atoms with Crippen LogP contribution in [0, 0.1) is 6.92 Å². The minimum Gasteiger partial charge on any atom is -0.444 e. The molecule has 0 heterocycles. The molecule has 0 aromatic heterocycles. The van der Waals surface area contributed by atoms with E-state index in [1.807, 2.05) is 31.2 Å². The smallest absolute Gasteiger partial charge is 0.407 e. The van der Waals surface area contributed by atoms with Gasteiger partial charge in [-0.15, -0.1) is 0 Å². The number of carbonyl (C=O) groups is 1. The van der Waals surface area contributed by atoms with Crippen LogP contribution in [0.5, 0.6) is 0 Å². The first-order valence-corrected chi connectivity index (χ1v) is 6.43. The van der Waals surface area contributed by atoms with Crippen LogP contribution in [0.1, 0.15) is 44.9 Å². The van der Waals surface area contributed by atoms with Crippen LogP contribution in [-0.2, 0) is 4.74 Å². The summed E-state index contributed by atoms with van der Waals surface area (Å²) < 4.78 is 5.15. The van der Waals surface area contributed by atoms with Crippen molar-refractivity contribution in [1.82, 2.24) is 5.32 Å². The highest BCUT2D eigenvalue weighted by molar-refractivity contribution is 5.68. The number of nitrogens with one attached hydrogen (secondary N) is 1. The first kappa shape index (κ1) is 15.5. The highest BCUT2D eigenvalue weighted by Crippen LogP contribution is 2.17.